The number of carbonyl (C=O) groups is 2. The zero-order valence-corrected chi connectivity index (χ0v) is 12.7. The average molecular weight is 325 g/mol. The summed E-state index contributed by atoms with van der Waals surface area (Å²) in [4.78, 5) is 22.7. The van der Waals surface area contributed by atoms with E-state index in [-0.39, 0.29) is 24.6 Å². The summed E-state index contributed by atoms with van der Waals surface area (Å²) >= 11 is 0. The number of nitrogens with one attached hydrogen (secondary N) is 1. The summed E-state index contributed by atoms with van der Waals surface area (Å²) in [5, 5.41) is 15.6. The van der Waals surface area contributed by atoms with Gasteiger partial charge in [-0.1, -0.05) is 12.1 Å². The lowest BCUT2D eigenvalue weighted by Gasteiger charge is -2.05. The Labute approximate surface area is 137 Å². The van der Waals surface area contributed by atoms with Gasteiger partial charge >= 0.3 is 5.97 Å². The molecule has 1 aromatic carbocycles. The number of hydrogen-bond acceptors (Lipinski definition) is 4. The molecule has 0 fully saturated rings. The standard InChI is InChI=1S/C17H15N3O4/c21-16(18-11-14-6-7-15(24-14)17(22)23)10-12-2-4-13(5-3-12)20-9-1-8-19-20/h1-9H,10-11H2,(H,18,21)(H,22,23). The molecule has 3 rings (SSSR count). The van der Waals surface area contributed by atoms with Gasteiger partial charge in [0.1, 0.15) is 5.76 Å². The number of furan rings is 1. The van der Waals surface area contributed by atoms with E-state index in [0.29, 0.717) is 5.76 Å². The van der Waals surface area contributed by atoms with E-state index in [4.69, 9.17) is 9.52 Å². The van der Waals surface area contributed by atoms with Crippen molar-refractivity contribution in [3.63, 3.8) is 0 Å². The Balaban J connectivity index is 1.53. The van der Waals surface area contributed by atoms with Crippen molar-refractivity contribution in [2.45, 2.75) is 13.0 Å². The summed E-state index contributed by atoms with van der Waals surface area (Å²) in [6, 6.07) is 12.2. The smallest absolute Gasteiger partial charge is 0.371 e. The van der Waals surface area contributed by atoms with Crippen LogP contribution in [0, 0.1) is 0 Å². The van der Waals surface area contributed by atoms with Crippen LogP contribution in [0.3, 0.4) is 0 Å². The van der Waals surface area contributed by atoms with Gasteiger partial charge in [0.15, 0.2) is 0 Å². The zero-order chi connectivity index (χ0) is 16.9. The molecule has 0 spiro atoms. The van der Waals surface area contributed by atoms with Crippen molar-refractivity contribution in [1.82, 2.24) is 15.1 Å². The highest BCUT2D eigenvalue weighted by Gasteiger charge is 2.10. The predicted molar refractivity (Wildman–Crippen MR) is 84.8 cm³/mol. The minimum Gasteiger partial charge on any atom is -0.475 e. The summed E-state index contributed by atoms with van der Waals surface area (Å²) in [5.41, 5.74) is 1.79. The highest BCUT2D eigenvalue weighted by atomic mass is 16.4. The number of rotatable bonds is 6. The molecule has 7 heteroatoms. The first-order valence-electron chi connectivity index (χ1n) is 7.29. The molecular weight excluding hydrogens is 310 g/mol. The maximum atomic E-state index is 12.0. The van der Waals surface area contributed by atoms with E-state index in [2.05, 4.69) is 10.4 Å². The van der Waals surface area contributed by atoms with E-state index in [9.17, 15) is 9.59 Å². The maximum absolute atomic E-state index is 12.0. The van der Waals surface area contributed by atoms with E-state index < -0.39 is 5.97 Å². The number of aromatic carboxylic acids is 1. The lowest BCUT2D eigenvalue weighted by atomic mass is 10.1. The summed E-state index contributed by atoms with van der Waals surface area (Å²) in [7, 11) is 0. The van der Waals surface area contributed by atoms with Crippen LogP contribution in [0.2, 0.25) is 0 Å². The van der Waals surface area contributed by atoms with Crippen LogP contribution in [0.4, 0.5) is 0 Å². The maximum Gasteiger partial charge on any atom is 0.371 e. The second kappa shape index (κ2) is 6.82. The quantitative estimate of drug-likeness (QED) is 0.722. The van der Waals surface area contributed by atoms with Crippen molar-refractivity contribution >= 4 is 11.9 Å². The van der Waals surface area contributed by atoms with E-state index in [1.807, 2.05) is 36.5 Å². The molecule has 2 heterocycles. The van der Waals surface area contributed by atoms with Gasteiger partial charge < -0.3 is 14.8 Å². The molecule has 0 atom stereocenters. The fourth-order valence-corrected chi connectivity index (χ4v) is 2.21. The van der Waals surface area contributed by atoms with Crippen molar-refractivity contribution in [3.05, 3.63) is 71.9 Å². The van der Waals surface area contributed by atoms with Crippen LogP contribution in [-0.2, 0) is 17.8 Å². The summed E-state index contributed by atoms with van der Waals surface area (Å²) in [5.74, 6) is -1.05. The van der Waals surface area contributed by atoms with E-state index >= 15 is 0 Å². The van der Waals surface area contributed by atoms with Crippen LogP contribution in [0.25, 0.3) is 5.69 Å². The van der Waals surface area contributed by atoms with Crippen molar-refractivity contribution in [2.75, 3.05) is 0 Å². The molecule has 2 N–H and O–H groups in total. The second-order valence-corrected chi connectivity index (χ2v) is 5.14. The van der Waals surface area contributed by atoms with Crippen LogP contribution in [0.1, 0.15) is 21.9 Å². The number of aromatic nitrogens is 2. The zero-order valence-electron chi connectivity index (χ0n) is 12.7. The largest absolute Gasteiger partial charge is 0.475 e. The number of nitrogens with zero attached hydrogens (tertiary/aromatic N) is 2. The van der Waals surface area contributed by atoms with E-state index in [0.717, 1.165) is 11.3 Å². The molecule has 0 saturated heterocycles. The van der Waals surface area contributed by atoms with Gasteiger partial charge in [-0.15, -0.1) is 0 Å². The van der Waals surface area contributed by atoms with Crippen molar-refractivity contribution < 1.29 is 19.1 Å². The van der Waals surface area contributed by atoms with Crippen LogP contribution >= 0.6 is 0 Å². The minimum absolute atomic E-state index is 0.145. The van der Waals surface area contributed by atoms with Gasteiger partial charge in [0.2, 0.25) is 11.7 Å². The van der Waals surface area contributed by atoms with Crippen molar-refractivity contribution in [2.24, 2.45) is 0 Å². The summed E-state index contributed by atoms with van der Waals surface area (Å²) in [6.07, 6.45) is 3.77. The number of carbonyl (C=O) groups excluding carboxylic acids is 1. The molecule has 2 aromatic heterocycles. The van der Waals surface area contributed by atoms with Gasteiger partial charge in [0.25, 0.3) is 0 Å². The molecule has 24 heavy (non-hydrogen) atoms. The average Bonchev–Trinajstić information content (AvgIpc) is 3.25. The van der Waals surface area contributed by atoms with Gasteiger partial charge in [-0.25, -0.2) is 9.48 Å². The number of carboxylic acids is 1. The van der Waals surface area contributed by atoms with Crippen molar-refractivity contribution in [1.29, 1.82) is 0 Å². The van der Waals surface area contributed by atoms with Gasteiger partial charge in [0.05, 0.1) is 18.7 Å². The van der Waals surface area contributed by atoms with Crippen LogP contribution in [0.15, 0.2) is 59.3 Å². The SMILES string of the molecule is O=C(Cc1ccc(-n2cccn2)cc1)NCc1ccc(C(=O)O)o1. The molecule has 0 bridgehead atoms. The van der Waals surface area contributed by atoms with Gasteiger partial charge in [-0.3, -0.25) is 4.79 Å². The molecule has 122 valence electrons. The predicted octanol–water partition coefficient (Wildman–Crippen LogP) is 2.02. The second-order valence-electron chi connectivity index (χ2n) is 5.14. The molecule has 1 amide bonds. The van der Waals surface area contributed by atoms with Crippen LogP contribution in [-0.4, -0.2) is 26.8 Å². The Morgan fingerprint density at radius 2 is 1.96 bits per heavy atom. The molecule has 0 radical (unpaired) electrons. The van der Waals surface area contributed by atoms with Gasteiger partial charge in [-0.2, -0.15) is 5.10 Å². The summed E-state index contributed by atoms with van der Waals surface area (Å²) < 4.78 is 6.82. The third-order valence-electron chi connectivity index (χ3n) is 3.40. The molecular formula is C17H15N3O4. The highest BCUT2D eigenvalue weighted by Crippen LogP contribution is 2.10. The van der Waals surface area contributed by atoms with Crippen LogP contribution in [0.5, 0.6) is 0 Å². The number of carboxylic acid groups (broad SMARTS) is 1. The molecule has 3 aromatic rings. The normalized spacial score (nSPS) is 10.5. The van der Waals surface area contributed by atoms with Gasteiger partial charge in [0, 0.05) is 12.4 Å². The lowest BCUT2D eigenvalue weighted by Crippen LogP contribution is -2.24. The van der Waals surface area contributed by atoms with Crippen LogP contribution < -0.4 is 5.32 Å². The summed E-state index contributed by atoms with van der Waals surface area (Å²) in [6.45, 7) is 0.150. The Hall–Kier alpha value is -3.35. The molecule has 0 aliphatic carbocycles. The molecule has 0 saturated carbocycles. The number of amides is 1. The Kier molecular flexibility index (Phi) is 4.42. The lowest BCUT2D eigenvalue weighted by molar-refractivity contribution is -0.120. The first kappa shape index (κ1) is 15.5. The van der Waals surface area contributed by atoms with E-state index in [1.54, 1.807) is 10.9 Å². The van der Waals surface area contributed by atoms with E-state index in [1.165, 1.54) is 12.1 Å². The van der Waals surface area contributed by atoms with Gasteiger partial charge in [-0.05, 0) is 35.9 Å². The first-order valence-corrected chi connectivity index (χ1v) is 7.29. The molecule has 7 nitrogen and oxygen atoms in total. The fraction of sp³-hybridized carbons (Fsp3) is 0.118. The first-order chi connectivity index (χ1) is 11.6. The third-order valence-corrected chi connectivity index (χ3v) is 3.40. The fourth-order valence-electron chi connectivity index (χ4n) is 2.21. The minimum atomic E-state index is -1.13. The molecule has 0 unspecified atom stereocenters. The topological polar surface area (TPSA) is 97.4 Å². The monoisotopic (exact) mass is 325 g/mol. The molecule has 0 aliphatic heterocycles. The number of benzene rings is 1. The Morgan fingerprint density at radius 1 is 1.17 bits per heavy atom. The third kappa shape index (κ3) is 3.70. The Morgan fingerprint density at radius 3 is 2.58 bits per heavy atom. The highest BCUT2D eigenvalue weighted by molar-refractivity contribution is 5.84. The number of hydrogen-bond donors (Lipinski definition) is 2. The molecule has 0 aliphatic rings. The van der Waals surface area contributed by atoms with Crippen molar-refractivity contribution in [3.8, 4) is 5.69 Å². The Bertz CT molecular complexity index is 835.